The largest absolute Gasteiger partial charge is 0.493 e. The quantitative estimate of drug-likeness (QED) is 0.107. The molecule has 0 aromatic heterocycles. The van der Waals surface area contributed by atoms with Crippen LogP contribution in [0.4, 0.5) is 0 Å². The van der Waals surface area contributed by atoms with Crippen LogP contribution in [0.2, 0.25) is 0 Å². The Morgan fingerprint density at radius 2 is 0.951 bits per heavy atom. The van der Waals surface area contributed by atoms with Crippen molar-refractivity contribution in [3.05, 3.63) is 181 Å². The van der Waals surface area contributed by atoms with Gasteiger partial charge >= 0.3 is 0 Å². The molecule has 0 bridgehead atoms. The summed E-state index contributed by atoms with van der Waals surface area (Å²) in [5.41, 5.74) is 8.20. The molecule has 0 amide bonds. The number of fused-ring (bicyclic) bond motifs is 6. The molecule has 306 valence electrons. The lowest BCUT2D eigenvalue weighted by Crippen LogP contribution is -2.00. The first-order valence-corrected chi connectivity index (χ1v) is 19.6. The van der Waals surface area contributed by atoms with Gasteiger partial charge in [-0.15, -0.1) is 0 Å². The molecule has 0 saturated carbocycles. The number of benzene rings is 7. The van der Waals surface area contributed by atoms with E-state index < -0.39 is 0 Å². The van der Waals surface area contributed by atoms with E-state index in [1.807, 2.05) is 85.8 Å². The van der Waals surface area contributed by atoms with Gasteiger partial charge in [0.25, 0.3) is 0 Å². The number of hydrogen-bond acceptors (Lipinski definition) is 11. The first-order valence-electron chi connectivity index (χ1n) is 19.6. The molecule has 0 radical (unpaired) electrons. The molecule has 0 unspecified atom stereocenters. The zero-order valence-electron chi connectivity index (χ0n) is 32.9. The Morgan fingerprint density at radius 1 is 0.492 bits per heavy atom. The van der Waals surface area contributed by atoms with Crippen LogP contribution in [0, 0.1) is 6.92 Å². The summed E-state index contributed by atoms with van der Waals surface area (Å²) in [6.45, 7) is 5.34. The van der Waals surface area contributed by atoms with Crippen molar-refractivity contribution in [2.75, 3.05) is 6.61 Å². The zero-order valence-corrected chi connectivity index (χ0v) is 32.9. The first-order chi connectivity index (χ1) is 29.3. The SMILES string of the molecule is C.CCCCCOc1ccc2nc3ccc(=O)cc-3oc2c1.Cc1ccc2nc3ccc(=O)cc-3oc2c1.O=c1ccc2nc3ccc(OCc4ccccc4)cc3oc-2c1. The molecule has 3 aliphatic carbocycles. The summed E-state index contributed by atoms with van der Waals surface area (Å²) in [4.78, 5) is 47.4. The van der Waals surface area contributed by atoms with Gasteiger partial charge in [-0.2, -0.15) is 0 Å². The summed E-state index contributed by atoms with van der Waals surface area (Å²) in [6, 6.07) is 40.7. The Labute approximate surface area is 350 Å². The van der Waals surface area contributed by atoms with Crippen molar-refractivity contribution < 1.29 is 22.7 Å². The van der Waals surface area contributed by atoms with Crippen molar-refractivity contribution in [2.24, 2.45) is 0 Å². The van der Waals surface area contributed by atoms with E-state index >= 15 is 0 Å². The predicted octanol–water partition coefficient (Wildman–Crippen LogP) is 11.0. The van der Waals surface area contributed by atoms with Gasteiger partial charge in [0.05, 0.1) is 6.61 Å². The summed E-state index contributed by atoms with van der Waals surface area (Å²) in [6.07, 6.45) is 3.38. The molecule has 0 atom stereocenters. The van der Waals surface area contributed by atoms with Crippen LogP contribution in [0.5, 0.6) is 11.5 Å². The molecule has 11 nitrogen and oxygen atoms in total. The molecule has 0 N–H and O–H groups in total. The molecule has 10 rings (SSSR count). The molecular weight excluding hydrogens is 771 g/mol. The first kappa shape index (κ1) is 41.5. The molecule has 4 aromatic carbocycles. The average molecular weight is 814 g/mol. The summed E-state index contributed by atoms with van der Waals surface area (Å²) >= 11 is 0. The van der Waals surface area contributed by atoms with Gasteiger partial charge in [-0.25, -0.2) is 15.0 Å². The van der Waals surface area contributed by atoms with Gasteiger partial charge in [-0.05, 0) is 97.3 Å². The average Bonchev–Trinajstić information content (AvgIpc) is 3.25. The molecule has 0 saturated heterocycles. The van der Waals surface area contributed by atoms with E-state index in [0.29, 0.717) is 70.1 Å². The third-order valence-electron chi connectivity index (χ3n) is 9.42. The second-order valence-corrected chi connectivity index (χ2v) is 14.1. The van der Waals surface area contributed by atoms with Crippen LogP contribution in [-0.2, 0) is 6.61 Å². The highest BCUT2D eigenvalue weighted by Crippen LogP contribution is 2.28. The monoisotopic (exact) mass is 813 g/mol. The lowest BCUT2D eigenvalue weighted by atomic mass is 10.2. The number of aryl methyl sites for hydroxylation is 1. The van der Waals surface area contributed by atoms with Crippen LogP contribution in [0.15, 0.2) is 167 Å². The minimum atomic E-state index is -0.0983. The number of aromatic nitrogens is 3. The van der Waals surface area contributed by atoms with Gasteiger partial charge in [0, 0.05) is 30.3 Å². The Morgan fingerprint density at radius 3 is 1.44 bits per heavy atom. The fourth-order valence-electron chi connectivity index (χ4n) is 6.35. The van der Waals surface area contributed by atoms with Gasteiger partial charge < -0.3 is 22.7 Å². The minimum Gasteiger partial charge on any atom is -0.493 e. The summed E-state index contributed by atoms with van der Waals surface area (Å²) in [5.74, 6) is 2.97. The number of nitrogens with zero attached hydrogens (tertiary/aromatic N) is 3. The van der Waals surface area contributed by atoms with Crippen LogP contribution in [-0.4, -0.2) is 21.6 Å². The van der Waals surface area contributed by atoms with Crippen molar-refractivity contribution in [3.63, 3.8) is 0 Å². The predicted molar refractivity (Wildman–Crippen MR) is 238 cm³/mol. The van der Waals surface area contributed by atoms with Crippen molar-refractivity contribution >= 4 is 33.3 Å². The van der Waals surface area contributed by atoms with E-state index in [2.05, 4.69) is 21.9 Å². The Kier molecular flexibility index (Phi) is 12.9. The van der Waals surface area contributed by atoms with E-state index in [0.717, 1.165) is 46.3 Å². The van der Waals surface area contributed by atoms with E-state index in [9.17, 15) is 14.4 Å². The molecule has 3 heterocycles. The molecule has 11 heteroatoms. The Bertz CT molecular complexity index is 3140. The van der Waals surface area contributed by atoms with Crippen molar-refractivity contribution in [3.8, 4) is 45.9 Å². The topological polar surface area (TPSA) is 148 Å². The second kappa shape index (κ2) is 18.9. The fraction of sp³-hybridized carbons (Fsp3) is 0.160. The van der Waals surface area contributed by atoms with Gasteiger partial charge in [-0.1, -0.05) is 63.6 Å². The highest BCUT2D eigenvalue weighted by atomic mass is 16.5. The normalized spacial score (nSPS) is 10.9. The zero-order chi connectivity index (χ0) is 41.4. The fourth-order valence-corrected chi connectivity index (χ4v) is 6.35. The van der Waals surface area contributed by atoms with Crippen LogP contribution in [0.3, 0.4) is 0 Å². The molecule has 3 aliphatic heterocycles. The Balaban J connectivity index is 0.000000139. The summed E-state index contributed by atoms with van der Waals surface area (Å²) < 4.78 is 28.7. The number of rotatable bonds is 8. The van der Waals surface area contributed by atoms with Crippen LogP contribution in [0.25, 0.3) is 67.7 Å². The molecule has 0 spiro atoms. The molecular formula is C50H43N3O8. The second-order valence-electron chi connectivity index (χ2n) is 14.1. The van der Waals surface area contributed by atoms with Gasteiger partial charge in [-0.3, -0.25) is 14.4 Å². The van der Waals surface area contributed by atoms with Crippen LogP contribution in [0.1, 0.15) is 44.7 Å². The van der Waals surface area contributed by atoms with Crippen molar-refractivity contribution in [1.29, 1.82) is 0 Å². The van der Waals surface area contributed by atoms with Crippen molar-refractivity contribution in [2.45, 2.75) is 47.1 Å². The summed E-state index contributed by atoms with van der Waals surface area (Å²) in [5, 5.41) is 0. The standard InChI is InChI=1S/C19H13NO3.C17H17NO3.C13H9NO2.CH4/c21-14-6-8-16-18(10-14)23-19-11-15(7-9-17(19)20-16)22-12-13-4-2-1-3-5-13;1-2-3-4-9-20-13-6-8-15-17(11-13)21-16-10-12(19)5-7-14(16)18-15;1-8-2-4-10-12(6-8)16-13-7-9(15)3-5-11(13)14-10;/h1-11H,12H2;5-8,10-11H,2-4,9H2,1H3;2-7H,1H3;1H4. The smallest absolute Gasteiger partial charge is 0.182 e. The third kappa shape index (κ3) is 10.3. The Hall–Kier alpha value is -7.66. The minimum absolute atomic E-state index is 0. The molecule has 61 heavy (non-hydrogen) atoms. The van der Waals surface area contributed by atoms with E-state index in [-0.39, 0.29) is 23.7 Å². The maximum Gasteiger partial charge on any atom is 0.182 e. The van der Waals surface area contributed by atoms with Gasteiger partial charge in [0.15, 0.2) is 50.3 Å². The van der Waals surface area contributed by atoms with Gasteiger partial charge in [0.1, 0.15) is 51.7 Å². The maximum atomic E-state index is 11.4. The van der Waals surface area contributed by atoms with Crippen LogP contribution < -0.4 is 25.8 Å². The van der Waals surface area contributed by atoms with Crippen LogP contribution >= 0.6 is 0 Å². The molecule has 0 fully saturated rings. The maximum absolute atomic E-state index is 11.4. The highest BCUT2D eigenvalue weighted by molar-refractivity contribution is 5.79. The lowest BCUT2D eigenvalue weighted by molar-refractivity contribution is 0.306. The number of hydrogen-bond donors (Lipinski definition) is 0. The lowest BCUT2D eigenvalue weighted by Gasteiger charge is -2.09. The van der Waals surface area contributed by atoms with E-state index in [1.165, 1.54) is 42.8 Å². The highest BCUT2D eigenvalue weighted by Gasteiger charge is 2.12. The number of unbranched alkanes of at least 4 members (excludes halogenated alkanes) is 2. The third-order valence-corrected chi connectivity index (χ3v) is 9.42. The van der Waals surface area contributed by atoms with E-state index in [1.54, 1.807) is 24.3 Å². The summed E-state index contributed by atoms with van der Waals surface area (Å²) in [7, 11) is 0. The van der Waals surface area contributed by atoms with Gasteiger partial charge in [0.2, 0.25) is 0 Å². The molecule has 4 aromatic rings. The number of ether oxygens (including phenoxy) is 2. The van der Waals surface area contributed by atoms with E-state index in [4.69, 9.17) is 22.7 Å². The van der Waals surface area contributed by atoms with Crippen molar-refractivity contribution in [1.82, 2.24) is 15.0 Å². The molecule has 6 aliphatic rings.